The molecule has 1 nitrogen and oxygen atoms in total. The average Bonchev–Trinajstić information content (AvgIpc) is 1.88. The van der Waals surface area contributed by atoms with Crippen LogP contribution in [0, 0.1) is 6.92 Å². The Hall–Kier alpha value is -0.250. The van der Waals surface area contributed by atoms with Crippen LogP contribution in [0.1, 0.15) is 5.56 Å². The lowest BCUT2D eigenvalue weighted by atomic mass is 10.2. The van der Waals surface area contributed by atoms with Crippen LogP contribution in [0.3, 0.4) is 0 Å². The zero-order valence-corrected chi connectivity index (χ0v) is 7.34. The van der Waals surface area contributed by atoms with Gasteiger partial charge in [0.05, 0.1) is 22.9 Å². The Labute approximate surface area is 69.0 Å². The van der Waals surface area contributed by atoms with Crippen LogP contribution in [0.15, 0.2) is 24.3 Å². The van der Waals surface area contributed by atoms with Crippen molar-refractivity contribution in [2.45, 2.75) is 6.92 Å². The smallest absolute Gasteiger partial charge is 0.0560 e. The van der Waals surface area contributed by atoms with Gasteiger partial charge in [-0.05, 0) is 24.6 Å². The van der Waals surface area contributed by atoms with Crippen molar-refractivity contribution < 1.29 is 0 Å². The summed E-state index contributed by atoms with van der Waals surface area (Å²) < 4.78 is 3.04. The van der Waals surface area contributed by atoms with E-state index in [-0.39, 0.29) is 0 Å². The summed E-state index contributed by atoms with van der Waals surface area (Å²) in [5.74, 6) is 0. The van der Waals surface area contributed by atoms with E-state index in [1.54, 1.807) is 0 Å². The molecule has 9 heavy (non-hydrogen) atoms. The van der Waals surface area contributed by atoms with Gasteiger partial charge in [-0.3, -0.25) is 0 Å². The van der Waals surface area contributed by atoms with Crippen molar-refractivity contribution in [1.29, 1.82) is 0 Å². The van der Waals surface area contributed by atoms with Gasteiger partial charge in [-0.2, -0.15) is 0 Å². The zero-order chi connectivity index (χ0) is 6.69. The Morgan fingerprint density at radius 3 is 2.67 bits per heavy atom. The molecule has 0 aliphatic rings. The van der Waals surface area contributed by atoms with E-state index in [0.717, 1.165) is 5.69 Å². The van der Waals surface area contributed by atoms with E-state index in [1.807, 2.05) is 12.1 Å². The number of anilines is 1. The summed E-state index contributed by atoms with van der Waals surface area (Å²) >= 11 is 2.12. The molecule has 0 spiro atoms. The van der Waals surface area contributed by atoms with Gasteiger partial charge in [-0.25, -0.2) is 0 Å². The molecule has 0 radical (unpaired) electrons. The number of nitrogens with one attached hydrogen (secondary N) is 1. The first-order valence-corrected chi connectivity index (χ1v) is 3.84. The van der Waals surface area contributed by atoms with Crippen LogP contribution in [0.5, 0.6) is 0 Å². The maximum Gasteiger partial charge on any atom is 0.0560 e. The van der Waals surface area contributed by atoms with Gasteiger partial charge in [0.2, 0.25) is 0 Å². The van der Waals surface area contributed by atoms with Gasteiger partial charge in [0.1, 0.15) is 0 Å². The first kappa shape index (κ1) is 6.86. The van der Waals surface area contributed by atoms with E-state index in [2.05, 4.69) is 45.5 Å². The van der Waals surface area contributed by atoms with Crippen molar-refractivity contribution >= 4 is 28.6 Å². The number of rotatable bonds is 1. The predicted molar refractivity (Wildman–Crippen MR) is 48.8 cm³/mol. The molecule has 0 fully saturated rings. The molecule has 1 aromatic rings. The van der Waals surface area contributed by atoms with E-state index >= 15 is 0 Å². The average molecular weight is 233 g/mol. The van der Waals surface area contributed by atoms with Crippen LogP contribution >= 0.6 is 22.9 Å². The number of hydrogen-bond donors (Lipinski definition) is 1. The number of benzene rings is 1. The highest BCUT2D eigenvalue weighted by Gasteiger charge is 1.85. The minimum atomic E-state index is 1.16. The first-order valence-electron chi connectivity index (χ1n) is 2.76. The molecular formula is C7H8IN. The maximum absolute atomic E-state index is 3.04. The van der Waals surface area contributed by atoms with Gasteiger partial charge in [0.25, 0.3) is 0 Å². The fourth-order valence-corrected chi connectivity index (χ4v) is 1.04. The van der Waals surface area contributed by atoms with E-state index in [0.29, 0.717) is 0 Å². The van der Waals surface area contributed by atoms with Crippen molar-refractivity contribution in [3.05, 3.63) is 29.8 Å². The summed E-state index contributed by atoms with van der Waals surface area (Å²) in [6.45, 7) is 2.08. The molecular weight excluding hydrogens is 225 g/mol. The second-order valence-corrected chi connectivity index (χ2v) is 2.50. The molecule has 1 aromatic carbocycles. The summed E-state index contributed by atoms with van der Waals surface area (Å²) in [4.78, 5) is 0. The molecule has 0 aromatic heterocycles. The molecule has 0 saturated carbocycles. The summed E-state index contributed by atoms with van der Waals surface area (Å²) in [5, 5.41) is 0. The third-order valence-corrected chi connectivity index (χ3v) is 1.75. The molecule has 0 heterocycles. The lowest BCUT2D eigenvalue weighted by molar-refractivity contribution is 1.48. The van der Waals surface area contributed by atoms with Gasteiger partial charge in [-0.1, -0.05) is 12.1 Å². The molecule has 0 amide bonds. The van der Waals surface area contributed by atoms with Gasteiger partial charge >= 0.3 is 0 Å². The molecule has 0 aliphatic carbocycles. The van der Waals surface area contributed by atoms with Crippen molar-refractivity contribution in [3.63, 3.8) is 0 Å². The van der Waals surface area contributed by atoms with Gasteiger partial charge in [-0.15, -0.1) is 0 Å². The Morgan fingerprint density at radius 2 is 2.22 bits per heavy atom. The molecule has 0 atom stereocenters. The van der Waals surface area contributed by atoms with Gasteiger partial charge in [0, 0.05) is 5.69 Å². The third kappa shape index (κ3) is 1.86. The largest absolute Gasteiger partial charge is 0.328 e. The fraction of sp³-hybridized carbons (Fsp3) is 0.143. The van der Waals surface area contributed by atoms with E-state index in [9.17, 15) is 0 Å². The minimum Gasteiger partial charge on any atom is -0.328 e. The van der Waals surface area contributed by atoms with Crippen LogP contribution in [-0.2, 0) is 0 Å². The van der Waals surface area contributed by atoms with Crippen molar-refractivity contribution in [2.24, 2.45) is 0 Å². The van der Waals surface area contributed by atoms with E-state index in [1.165, 1.54) is 5.56 Å². The fourth-order valence-electron chi connectivity index (χ4n) is 0.704. The SMILES string of the molecule is Cc1cccc(NI)c1. The molecule has 1 N–H and O–H groups in total. The van der Waals surface area contributed by atoms with Crippen LogP contribution in [0.4, 0.5) is 5.69 Å². The summed E-state index contributed by atoms with van der Waals surface area (Å²) in [6.07, 6.45) is 0. The lowest BCUT2D eigenvalue weighted by Gasteiger charge is -1.96. The first-order chi connectivity index (χ1) is 4.33. The highest BCUT2D eigenvalue weighted by atomic mass is 127. The maximum atomic E-state index is 3.04. The molecule has 0 saturated heterocycles. The molecule has 0 bridgehead atoms. The third-order valence-electron chi connectivity index (χ3n) is 1.13. The second-order valence-electron chi connectivity index (χ2n) is 1.96. The highest BCUT2D eigenvalue weighted by molar-refractivity contribution is 14.1. The normalized spacial score (nSPS) is 9.11. The number of aryl methyl sites for hydroxylation is 1. The van der Waals surface area contributed by atoms with E-state index < -0.39 is 0 Å². The topological polar surface area (TPSA) is 12.0 Å². The zero-order valence-electron chi connectivity index (χ0n) is 5.19. The molecule has 1 rings (SSSR count). The van der Waals surface area contributed by atoms with Crippen LogP contribution in [0.25, 0.3) is 0 Å². The Morgan fingerprint density at radius 1 is 1.44 bits per heavy atom. The van der Waals surface area contributed by atoms with E-state index in [4.69, 9.17) is 0 Å². The second kappa shape index (κ2) is 3.06. The lowest BCUT2D eigenvalue weighted by Crippen LogP contribution is -1.78. The van der Waals surface area contributed by atoms with Crippen molar-refractivity contribution in [1.82, 2.24) is 0 Å². The highest BCUT2D eigenvalue weighted by Crippen LogP contribution is 2.10. The standard InChI is InChI=1S/C7H8IN/c1-6-3-2-4-7(5-6)9-8/h2-5,9H,1H3. The van der Waals surface area contributed by atoms with Gasteiger partial charge in [0.15, 0.2) is 0 Å². The number of halogens is 1. The molecule has 48 valence electrons. The molecule has 2 heteroatoms. The Balaban J connectivity index is 2.94. The molecule has 0 unspecified atom stereocenters. The predicted octanol–water partition coefficient (Wildman–Crippen LogP) is 2.76. The Bertz CT molecular complexity index is 198. The summed E-state index contributed by atoms with van der Waals surface area (Å²) in [5.41, 5.74) is 2.45. The van der Waals surface area contributed by atoms with Crippen molar-refractivity contribution in [2.75, 3.05) is 3.53 Å². The van der Waals surface area contributed by atoms with Crippen LogP contribution in [0.2, 0.25) is 0 Å². The minimum absolute atomic E-state index is 1.16. The quantitative estimate of drug-likeness (QED) is 0.580. The molecule has 0 aliphatic heterocycles. The Kier molecular flexibility index (Phi) is 2.33. The monoisotopic (exact) mass is 233 g/mol. The van der Waals surface area contributed by atoms with Crippen LogP contribution in [-0.4, -0.2) is 0 Å². The summed E-state index contributed by atoms with van der Waals surface area (Å²) in [7, 11) is 0. The summed E-state index contributed by atoms with van der Waals surface area (Å²) in [6, 6.07) is 8.26. The number of hydrogen-bond acceptors (Lipinski definition) is 1. The van der Waals surface area contributed by atoms with Gasteiger partial charge < -0.3 is 3.53 Å². The van der Waals surface area contributed by atoms with Crippen molar-refractivity contribution in [3.8, 4) is 0 Å². The van der Waals surface area contributed by atoms with Crippen LogP contribution < -0.4 is 3.53 Å².